The summed E-state index contributed by atoms with van der Waals surface area (Å²) in [6.07, 6.45) is 2.90. The fourth-order valence-corrected chi connectivity index (χ4v) is 2.06. The SMILES string of the molecule is O=C1c2ccccc2CN1c1ccncc1O. The Labute approximate surface area is 98.1 Å². The summed E-state index contributed by atoms with van der Waals surface area (Å²) in [5.74, 6) is -0.0595. The van der Waals surface area contributed by atoms with Crippen molar-refractivity contribution < 1.29 is 9.90 Å². The van der Waals surface area contributed by atoms with Crippen LogP contribution < -0.4 is 4.90 Å². The summed E-state index contributed by atoms with van der Waals surface area (Å²) in [6.45, 7) is 0.493. The molecule has 0 fully saturated rings. The molecule has 4 nitrogen and oxygen atoms in total. The van der Waals surface area contributed by atoms with Crippen molar-refractivity contribution >= 4 is 11.6 Å². The van der Waals surface area contributed by atoms with Crippen molar-refractivity contribution in [3.63, 3.8) is 0 Å². The lowest BCUT2D eigenvalue weighted by Crippen LogP contribution is -2.23. The molecule has 3 rings (SSSR count). The van der Waals surface area contributed by atoms with Gasteiger partial charge in [-0.15, -0.1) is 0 Å². The van der Waals surface area contributed by atoms with Crippen molar-refractivity contribution in [2.45, 2.75) is 6.54 Å². The molecule has 4 heteroatoms. The van der Waals surface area contributed by atoms with E-state index in [-0.39, 0.29) is 11.7 Å². The molecule has 2 heterocycles. The average Bonchev–Trinajstić information content (AvgIpc) is 2.68. The van der Waals surface area contributed by atoms with Gasteiger partial charge in [0.2, 0.25) is 0 Å². The maximum Gasteiger partial charge on any atom is 0.259 e. The largest absolute Gasteiger partial charge is 0.504 e. The molecule has 0 saturated carbocycles. The number of amides is 1. The molecule has 0 aliphatic carbocycles. The smallest absolute Gasteiger partial charge is 0.259 e. The minimum Gasteiger partial charge on any atom is -0.504 e. The number of hydrogen-bond acceptors (Lipinski definition) is 3. The van der Waals surface area contributed by atoms with Gasteiger partial charge in [0.15, 0.2) is 5.75 Å². The molecule has 84 valence electrons. The van der Waals surface area contributed by atoms with Crippen molar-refractivity contribution in [3.8, 4) is 5.75 Å². The molecular weight excluding hydrogens is 216 g/mol. The van der Waals surface area contributed by atoms with Crippen LogP contribution in [-0.4, -0.2) is 16.0 Å². The number of fused-ring (bicyclic) bond motifs is 1. The first-order valence-electron chi connectivity index (χ1n) is 5.30. The fourth-order valence-electron chi connectivity index (χ4n) is 2.06. The minimum absolute atomic E-state index is 0.0219. The molecule has 0 saturated heterocycles. The quantitative estimate of drug-likeness (QED) is 0.808. The second kappa shape index (κ2) is 3.59. The van der Waals surface area contributed by atoms with Gasteiger partial charge in [0.1, 0.15) is 0 Å². The van der Waals surface area contributed by atoms with Crippen LogP contribution in [0.1, 0.15) is 15.9 Å². The number of aromatic hydroxyl groups is 1. The van der Waals surface area contributed by atoms with Gasteiger partial charge in [0.05, 0.1) is 18.4 Å². The van der Waals surface area contributed by atoms with Crippen molar-refractivity contribution in [1.29, 1.82) is 0 Å². The summed E-state index contributed by atoms with van der Waals surface area (Å²) in [6, 6.07) is 9.11. The van der Waals surface area contributed by atoms with Gasteiger partial charge >= 0.3 is 0 Å². The third-order valence-corrected chi connectivity index (χ3v) is 2.89. The lowest BCUT2D eigenvalue weighted by Gasteiger charge is -2.16. The Bertz CT molecular complexity index is 595. The highest BCUT2D eigenvalue weighted by Crippen LogP contribution is 2.32. The van der Waals surface area contributed by atoms with Gasteiger partial charge < -0.3 is 10.0 Å². The van der Waals surface area contributed by atoms with E-state index >= 15 is 0 Å². The van der Waals surface area contributed by atoms with Gasteiger partial charge in [-0.3, -0.25) is 9.78 Å². The van der Waals surface area contributed by atoms with Crippen LogP contribution in [0, 0.1) is 0 Å². The van der Waals surface area contributed by atoms with E-state index in [2.05, 4.69) is 4.98 Å². The summed E-state index contributed by atoms with van der Waals surface area (Å²) in [5, 5.41) is 9.71. The number of anilines is 1. The Morgan fingerprint density at radius 1 is 1.24 bits per heavy atom. The number of hydrogen-bond donors (Lipinski definition) is 1. The highest BCUT2D eigenvalue weighted by atomic mass is 16.3. The average molecular weight is 226 g/mol. The zero-order valence-corrected chi connectivity index (χ0v) is 9.00. The van der Waals surface area contributed by atoms with Gasteiger partial charge in [0.25, 0.3) is 5.91 Å². The molecule has 1 N–H and O–H groups in total. The number of aromatic nitrogens is 1. The fraction of sp³-hybridized carbons (Fsp3) is 0.0769. The Hall–Kier alpha value is -2.36. The number of nitrogens with zero attached hydrogens (tertiary/aromatic N) is 2. The normalized spacial score (nSPS) is 13.9. The van der Waals surface area contributed by atoms with Crippen molar-refractivity contribution in [2.24, 2.45) is 0 Å². The summed E-state index contributed by atoms with van der Waals surface area (Å²) in [4.78, 5) is 17.5. The van der Waals surface area contributed by atoms with Gasteiger partial charge in [-0.1, -0.05) is 18.2 Å². The van der Waals surface area contributed by atoms with Crippen molar-refractivity contribution in [3.05, 3.63) is 53.9 Å². The molecule has 0 atom stereocenters. The van der Waals surface area contributed by atoms with E-state index in [1.165, 1.54) is 6.20 Å². The van der Waals surface area contributed by atoms with E-state index in [0.29, 0.717) is 17.8 Å². The molecule has 1 aliphatic heterocycles. The summed E-state index contributed by atoms with van der Waals surface area (Å²) >= 11 is 0. The molecule has 1 aromatic carbocycles. The second-order valence-corrected chi connectivity index (χ2v) is 3.91. The van der Waals surface area contributed by atoms with Crippen LogP contribution in [0.4, 0.5) is 5.69 Å². The Morgan fingerprint density at radius 2 is 2.06 bits per heavy atom. The van der Waals surface area contributed by atoms with E-state index in [1.54, 1.807) is 23.2 Å². The van der Waals surface area contributed by atoms with Gasteiger partial charge in [-0.2, -0.15) is 0 Å². The summed E-state index contributed by atoms with van der Waals surface area (Å²) in [7, 11) is 0. The van der Waals surface area contributed by atoms with Gasteiger partial charge in [-0.05, 0) is 17.7 Å². The highest BCUT2D eigenvalue weighted by molar-refractivity contribution is 6.10. The van der Waals surface area contributed by atoms with Gasteiger partial charge in [0, 0.05) is 11.8 Å². The minimum atomic E-state index is -0.0814. The summed E-state index contributed by atoms with van der Waals surface area (Å²) in [5.41, 5.74) is 2.18. The third kappa shape index (κ3) is 1.45. The molecule has 0 bridgehead atoms. The molecule has 17 heavy (non-hydrogen) atoms. The van der Waals surface area contributed by atoms with Crippen LogP contribution in [0.5, 0.6) is 5.75 Å². The predicted octanol–water partition coefficient (Wildman–Crippen LogP) is 1.95. The Morgan fingerprint density at radius 3 is 2.82 bits per heavy atom. The highest BCUT2D eigenvalue weighted by Gasteiger charge is 2.29. The summed E-state index contributed by atoms with van der Waals surface area (Å²) < 4.78 is 0. The molecule has 1 aliphatic rings. The monoisotopic (exact) mass is 226 g/mol. The third-order valence-electron chi connectivity index (χ3n) is 2.89. The zero-order valence-electron chi connectivity index (χ0n) is 9.00. The molecule has 1 aromatic heterocycles. The maximum atomic E-state index is 12.1. The zero-order chi connectivity index (χ0) is 11.8. The Kier molecular flexibility index (Phi) is 2.08. The van der Waals surface area contributed by atoms with E-state index in [4.69, 9.17) is 0 Å². The van der Waals surface area contributed by atoms with Crippen LogP contribution in [0.25, 0.3) is 0 Å². The number of carbonyl (C=O) groups is 1. The van der Waals surface area contributed by atoms with Crippen LogP contribution in [0.3, 0.4) is 0 Å². The van der Waals surface area contributed by atoms with E-state index in [1.807, 2.05) is 18.2 Å². The van der Waals surface area contributed by atoms with Crippen LogP contribution in [-0.2, 0) is 6.54 Å². The predicted molar refractivity (Wildman–Crippen MR) is 62.9 cm³/mol. The van der Waals surface area contributed by atoms with Crippen molar-refractivity contribution in [2.75, 3.05) is 4.90 Å². The molecule has 1 amide bonds. The van der Waals surface area contributed by atoms with Crippen LogP contribution in [0.15, 0.2) is 42.7 Å². The van der Waals surface area contributed by atoms with E-state index in [9.17, 15) is 9.90 Å². The Balaban J connectivity index is 2.05. The molecular formula is C13H10N2O2. The number of benzene rings is 1. The van der Waals surface area contributed by atoms with E-state index < -0.39 is 0 Å². The van der Waals surface area contributed by atoms with Gasteiger partial charge in [-0.25, -0.2) is 0 Å². The molecule has 0 unspecified atom stereocenters. The second-order valence-electron chi connectivity index (χ2n) is 3.91. The standard InChI is InChI=1S/C13H10N2O2/c16-12-7-14-6-5-11(12)15-8-9-3-1-2-4-10(9)13(15)17/h1-7,16H,8H2. The topological polar surface area (TPSA) is 53.4 Å². The molecule has 2 aromatic rings. The van der Waals surface area contributed by atoms with Crippen LogP contribution in [0.2, 0.25) is 0 Å². The van der Waals surface area contributed by atoms with Crippen LogP contribution >= 0.6 is 0 Å². The first-order valence-corrected chi connectivity index (χ1v) is 5.30. The number of carbonyl (C=O) groups excluding carboxylic acids is 1. The van der Waals surface area contributed by atoms with E-state index in [0.717, 1.165) is 5.56 Å². The first kappa shape index (κ1) is 9.84. The maximum absolute atomic E-state index is 12.1. The first-order chi connectivity index (χ1) is 8.27. The molecule has 0 spiro atoms. The van der Waals surface area contributed by atoms with Crippen molar-refractivity contribution in [1.82, 2.24) is 4.98 Å². The lowest BCUT2D eigenvalue weighted by atomic mass is 10.1. The lowest BCUT2D eigenvalue weighted by molar-refractivity contribution is 0.0996. The molecule has 0 radical (unpaired) electrons. The number of rotatable bonds is 1. The number of pyridine rings is 1.